The molecule has 8 fully saturated rings. The first-order valence-corrected chi connectivity index (χ1v) is 23.6. The Hall–Kier alpha value is -2.64. The highest BCUT2D eigenvalue weighted by Crippen LogP contribution is 2.61. The lowest BCUT2D eigenvalue weighted by molar-refractivity contribution is -0.0608. The Kier molecular flexibility index (Phi) is 11.3. The maximum absolute atomic E-state index is 12.5. The molecule has 0 heterocycles. The Morgan fingerprint density at radius 1 is 0.611 bits per heavy atom. The van der Waals surface area contributed by atoms with Gasteiger partial charge in [-0.05, 0) is 147 Å². The van der Waals surface area contributed by atoms with Crippen LogP contribution in [-0.4, -0.2) is 76.5 Å². The summed E-state index contributed by atoms with van der Waals surface area (Å²) in [6.07, 6.45) is 17.9. The van der Waals surface area contributed by atoms with E-state index in [2.05, 4.69) is 0 Å². The van der Waals surface area contributed by atoms with Gasteiger partial charge in [-0.15, -0.1) is 0 Å². The van der Waals surface area contributed by atoms with Crippen LogP contribution in [0.15, 0.2) is 48.5 Å². The van der Waals surface area contributed by atoms with Gasteiger partial charge in [0.05, 0.1) is 31.7 Å². The van der Waals surface area contributed by atoms with E-state index in [1.165, 1.54) is 96.7 Å². The van der Waals surface area contributed by atoms with Gasteiger partial charge in [-0.2, -0.15) is 8.61 Å². The first-order valence-electron chi connectivity index (χ1n) is 19.9. The fourth-order valence-electron chi connectivity index (χ4n) is 12.5. The van der Waals surface area contributed by atoms with Crippen LogP contribution in [0, 0.1) is 46.3 Å². The summed E-state index contributed by atoms with van der Waals surface area (Å²) in [5, 5.41) is 0. The van der Waals surface area contributed by atoms with Gasteiger partial charge in [0.1, 0.15) is 0 Å². The van der Waals surface area contributed by atoms with Gasteiger partial charge in [0.25, 0.3) is 0 Å². The molecule has 0 aromatic heterocycles. The van der Waals surface area contributed by atoms with Crippen molar-refractivity contribution in [2.24, 2.45) is 52.1 Å². The second-order valence-electron chi connectivity index (χ2n) is 18.4. The van der Waals surface area contributed by atoms with Crippen LogP contribution in [0.2, 0.25) is 0 Å². The monoisotopic (exact) mass is 781 g/mol. The van der Waals surface area contributed by atoms with E-state index in [1.807, 2.05) is 24.3 Å². The number of methoxy groups -OCH3 is 1. The number of ether oxygens (including phenoxy) is 1. The zero-order valence-electron chi connectivity index (χ0n) is 32.2. The van der Waals surface area contributed by atoms with Gasteiger partial charge < -0.3 is 10.5 Å². The van der Waals surface area contributed by atoms with Crippen LogP contribution < -0.4 is 5.73 Å². The van der Waals surface area contributed by atoms with Crippen LogP contribution in [0.5, 0.6) is 0 Å². The maximum Gasteiger partial charge on any atom is 0.337 e. The van der Waals surface area contributed by atoms with Crippen molar-refractivity contribution in [3.8, 4) is 0 Å². The largest absolute Gasteiger partial charge is 0.465 e. The first-order chi connectivity index (χ1) is 25.5. The number of nitrogens with two attached hydrogens (primary N) is 1. The molecule has 8 aliphatic carbocycles. The number of esters is 1. The third kappa shape index (κ3) is 8.98. The van der Waals surface area contributed by atoms with Crippen molar-refractivity contribution in [2.75, 3.05) is 39.3 Å². The summed E-state index contributed by atoms with van der Waals surface area (Å²) in [4.78, 5) is 23.3. The molecule has 0 aliphatic heterocycles. The molecule has 0 spiro atoms. The number of sulfonamides is 2. The SMILES string of the molecule is COC(=O)c1ccc(CN(CC23CC4CC(CC(C4)C2)C3)S(C)(=O)=O)cc1.CS(=O)(=O)N(Cc1ccc(C(=O)CN)cc1)CC12CC3CC(CC(C3)C1)C2. The summed E-state index contributed by atoms with van der Waals surface area (Å²) < 4.78 is 58.2. The predicted molar refractivity (Wildman–Crippen MR) is 209 cm³/mol. The number of carbonyl (C=O) groups excluding carboxylic acids is 2. The fraction of sp³-hybridized carbons (Fsp3) is 0.667. The van der Waals surface area contributed by atoms with Crippen molar-refractivity contribution < 1.29 is 31.2 Å². The van der Waals surface area contributed by atoms with E-state index in [9.17, 15) is 26.4 Å². The third-order valence-electron chi connectivity index (χ3n) is 13.8. The molecule has 0 saturated heterocycles. The molecule has 0 unspecified atom stereocenters. The summed E-state index contributed by atoms with van der Waals surface area (Å²) in [5.41, 5.74) is 8.63. The molecular weight excluding hydrogens is 723 g/mol. The highest BCUT2D eigenvalue weighted by Gasteiger charge is 2.53. The minimum Gasteiger partial charge on any atom is -0.465 e. The highest BCUT2D eigenvalue weighted by molar-refractivity contribution is 7.88. The normalized spacial score (nSPS) is 32.1. The van der Waals surface area contributed by atoms with Crippen LogP contribution in [0.4, 0.5) is 0 Å². The predicted octanol–water partition coefficient (Wildman–Crippen LogP) is 6.26. The zero-order chi connectivity index (χ0) is 38.5. The van der Waals surface area contributed by atoms with Crippen LogP contribution in [0.25, 0.3) is 0 Å². The summed E-state index contributed by atoms with van der Waals surface area (Å²) in [6, 6.07) is 14.2. The molecule has 10 rings (SSSR count). The molecular formula is C42H59N3O7S2. The van der Waals surface area contributed by atoms with Gasteiger partial charge in [-0.3, -0.25) is 4.79 Å². The van der Waals surface area contributed by atoms with Crippen molar-refractivity contribution >= 4 is 31.8 Å². The van der Waals surface area contributed by atoms with Crippen molar-refractivity contribution in [1.29, 1.82) is 0 Å². The molecule has 8 aliphatic rings. The minimum absolute atomic E-state index is 0.0131. The van der Waals surface area contributed by atoms with Gasteiger partial charge in [-0.25, -0.2) is 21.6 Å². The van der Waals surface area contributed by atoms with E-state index >= 15 is 0 Å². The standard InChI is InChI=1S/C21H30N2O3S.C21H29NO4S/c1-27(25,26)23(13-15-2-4-19(5-3-15)20(24)12-22)14-21-9-16-6-17(10-21)8-18(7-16)11-21;1-26-20(23)19-5-3-15(4-6-19)13-22(27(2,24)25)14-21-10-16-7-17(11-21)9-18(8-16)12-21/h2-5,16-18H,6-14,22H2,1H3;3-6,16-18H,7-14H2,1-2H3. The number of rotatable bonds is 13. The summed E-state index contributed by atoms with van der Waals surface area (Å²) in [7, 11) is -5.23. The smallest absolute Gasteiger partial charge is 0.337 e. The number of nitrogens with zero attached hydrogens (tertiary/aromatic N) is 2. The van der Waals surface area contributed by atoms with E-state index in [-0.39, 0.29) is 29.1 Å². The van der Waals surface area contributed by atoms with E-state index in [4.69, 9.17) is 10.5 Å². The number of hydrogen-bond donors (Lipinski definition) is 1. The lowest BCUT2D eigenvalue weighted by Gasteiger charge is -2.57. The van der Waals surface area contributed by atoms with Gasteiger partial charge in [0.2, 0.25) is 20.0 Å². The summed E-state index contributed by atoms with van der Waals surface area (Å²) in [5.74, 6) is 4.34. The van der Waals surface area contributed by atoms with E-state index in [1.54, 1.807) is 32.9 Å². The first kappa shape index (κ1) is 39.6. The quantitative estimate of drug-likeness (QED) is 0.186. The van der Waals surface area contributed by atoms with E-state index in [0.29, 0.717) is 37.3 Å². The van der Waals surface area contributed by atoms with Gasteiger partial charge >= 0.3 is 5.97 Å². The van der Waals surface area contributed by atoms with Gasteiger partial charge in [0.15, 0.2) is 5.78 Å². The maximum atomic E-state index is 12.5. The Morgan fingerprint density at radius 2 is 0.926 bits per heavy atom. The van der Waals surface area contributed by atoms with E-state index < -0.39 is 20.0 Å². The average Bonchev–Trinajstić information content (AvgIpc) is 3.09. The summed E-state index contributed by atoms with van der Waals surface area (Å²) >= 11 is 0. The fourth-order valence-corrected chi connectivity index (χ4v) is 14.3. The molecule has 10 nitrogen and oxygen atoms in total. The Bertz CT molecular complexity index is 1700. The second-order valence-corrected chi connectivity index (χ2v) is 22.4. The molecule has 12 heteroatoms. The minimum atomic E-state index is -3.30. The number of carbonyl (C=O) groups is 2. The number of hydrogen-bond acceptors (Lipinski definition) is 8. The van der Waals surface area contributed by atoms with E-state index in [0.717, 1.165) is 46.6 Å². The Morgan fingerprint density at radius 3 is 1.20 bits per heavy atom. The molecule has 8 saturated carbocycles. The van der Waals surface area contributed by atoms with Crippen molar-refractivity contribution in [3.63, 3.8) is 0 Å². The molecule has 2 aromatic carbocycles. The topological polar surface area (TPSA) is 144 Å². The second kappa shape index (κ2) is 15.4. The lowest BCUT2D eigenvalue weighted by Crippen LogP contribution is -2.51. The third-order valence-corrected chi connectivity index (χ3v) is 16.2. The molecule has 8 bridgehead atoms. The zero-order valence-corrected chi connectivity index (χ0v) is 33.9. The number of ketones is 1. The number of Topliss-reactive ketones (excluding diaryl/α,β-unsaturated/α-hetero) is 1. The van der Waals surface area contributed by atoms with Crippen LogP contribution in [0.1, 0.15) is 109 Å². The molecule has 296 valence electrons. The van der Waals surface area contributed by atoms with Crippen molar-refractivity contribution in [3.05, 3.63) is 70.8 Å². The Balaban J connectivity index is 0.000000167. The molecule has 2 aromatic rings. The molecule has 0 atom stereocenters. The summed E-state index contributed by atoms with van der Waals surface area (Å²) in [6.45, 7) is 1.99. The van der Waals surface area contributed by atoms with Crippen molar-refractivity contribution in [1.82, 2.24) is 8.61 Å². The van der Waals surface area contributed by atoms with Crippen LogP contribution in [-0.2, 0) is 37.9 Å². The molecule has 0 radical (unpaired) electrons. The van der Waals surface area contributed by atoms with Crippen LogP contribution in [0.3, 0.4) is 0 Å². The molecule has 0 amide bonds. The van der Waals surface area contributed by atoms with Crippen molar-refractivity contribution in [2.45, 2.75) is 90.1 Å². The Labute approximate surface area is 322 Å². The van der Waals surface area contributed by atoms with Gasteiger partial charge in [0, 0.05) is 31.7 Å². The molecule has 54 heavy (non-hydrogen) atoms. The lowest BCUT2D eigenvalue weighted by atomic mass is 9.49. The van der Waals surface area contributed by atoms with Gasteiger partial charge in [-0.1, -0.05) is 36.4 Å². The molecule has 2 N–H and O–H groups in total. The van der Waals surface area contributed by atoms with Crippen LogP contribution >= 0.6 is 0 Å². The highest BCUT2D eigenvalue weighted by atomic mass is 32.2. The average molecular weight is 782 g/mol. The number of benzene rings is 2.